The Morgan fingerprint density at radius 1 is 1.24 bits per heavy atom. The molecule has 1 aromatic carbocycles. The van der Waals surface area contributed by atoms with E-state index in [9.17, 15) is 27.6 Å². The SMILES string of the molecule is CN(Cc1ccc(C(F)(F)F)cc1)C(=O)CCCN1C(=O)CNC1=O. The zero-order chi connectivity index (χ0) is 18.6. The number of rotatable bonds is 6. The third-order valence-corrected chi connectivity index (χ3v) is 3.84. The van der Waals surface area contributed by atoms with Gasteiger partial charge in [0.15, 0.2) is 0 Å². The van der Waals surface area contributed by atoms with Crippen LogP contribution >= 0.6 is 0 Å². The molecule has 25 heavy (non-hydrogen) atoms. The lowest BCUT2D eigenvalue weighted by Gasteiger charge is -2.18. The smallest absolute Gasteiger partial charge is 0.341 e. The fourth-order valence-electron chi connectivity index (χ4n) is 2.42. The number of benzene rings is 1. The van der Waals surface area contributed by atoms with Gasteiger partial charge in [-0.3, -0.25) is 14.5 Å². The number of carbonyl (C=O) groups is 3. The Hall–Kier alpha value is -2.58. The van der Waals surface area contributed by atoms with Crippen molar-refractivity contribution in [3.05, 3.63) is 35.4 Å². The molecule has 0 atom stereocenters. The molecule has 6 nitrogen and oxygen atoms in total. The van der Waals surface area contributed by atoms with E-state index in [1.54, 1.807) is 7.05 Å². The molecule has 1 fully saturated rings. The van der Waals surface area contributed by atoms with Crippen LogP contribution in [0.15, 0.2) is 24.3 Å². The first-order valence-corrected chi connectivity index (χ1v) is 7.67. The quantitative estimate of drug-likeness (QED) is 0.792. The monoisotopic (exact) mass is 357 g/mol. The molecule has 0 bridgehead atoms. The lowest BCUT2D eigenvalue weighted by atomic mass is 10.1. The molecule has 4 amide bonds. The van der Waals surface area contributed by atoms with E-state index in [2.05, 4.69) is 5.32 Å². The van der Waals surface area contributed by atoms with Crippen molar-refractivity contribution in [2.45, 2.75) is 25.6 Å². The van der Waals surface area contributed by atoms with E-state index in [4.69, 9.17) is 0 Å². The van der Waals surface area contributed by atoms with Crippen LogP contribution in [0.5, 0.6) is 0 Å². The molecule has 0 radical (unpaired) electrons. The highest BCUT2D eigenvalue weighted by atomic mass is 19.4. The second-order valence-corrected chi connectivity index (χ2v) is 5.75. The van der Waals surface area contributed by atoms with Crippen molar-refractivity contribution in [2.24, 2.45) is 0 Å². The second kappa shape index (κ2) is 7.54. The average molecular weight is 357 g/mol. The van der Waals surface area contributed by atoms with Crippen LogP contribution in [-0.4, -0.2) is 47.8 Å². The van der Waals surface area contributed by atoms with Gasteiger partial charge in [-0.1, -0.05) is 12.1 Å². The summed E-state index contributed by atoms with van der Waals surface area (Å²) in [5.74, 6) is -0.539. The lowest BCUT2D eigenvalue weighted by molar-refractivity contribution is -0.137. The Morgan fingerprint density at radius 3 is 2.40 bits per heavy atom. The van der Waals surface area contributed by atoms with Gasteiger partial charge in [0.1, 0.15) is 0 Å². The topological polar surface area (TPSA) is 69.7 Å². The maximum absolute atomic E-state index is 12.5. The van der Waals surface area contributed by atoms with E-state index in [1.165, 1.54) is 17.0 Å². The number of hydrogen-bond acceptors (Lipinski definition) is 3. The van der Waals surface area contributed by atoms with Crippen LogP contribution in [-0.2, 0) is 22.3 Å². The molecule has 1 N–H and O–H groups in total. The number of hydrogen-bond donors (Lipinski definition) is 1. The maximum atomic E-state index is 12.5. The molecule has 0 unspecified atom stereocenters. The first-order chi connectivity index (χ1) is 11.7. The first-order valence-electron chi connectivity index (χ1n) is 7.67. The lowest BCUT2D eigenvalue weighted by Crippen LogP contribution is -2.33. The number of nitrogens with zero attached hydrogens (tertiary/aromatic N) is 2. The first kappa shape index (κ1) is 18.8. The molecular formula is C16H18F3N3O3. The Labute approximate surface area is 142 Å². The van der Waals surface area contributed by atoms with Gasteiger partial charge in [0.05, 0.1) is 12.1 Å². The summed E-state index contributed by atoms with van der Waals surface area (Å²) in [4.78, 5) is 37.3. The highest BCUT2D eigenvalue weighted by molar-refractivity contribution is 6.01. The van der Waals surface area contributed by atoms with Gasteiger partial charge >= 0.3 is 12.2 Å². The summed E-state index contributed by atoms with van der Waals surface area (Å²) in [6.07, 6.45) is -3.93. The standard InChI is InChI=1S/C16H18F3N3O3/c1-21(10-11-4-6-12(7-5-11)16(17,18)19)13(23)3-2-8-22-14(24)9-20-15(22)25/h4-7H,2-3,8-10H2,1H3,(H,20,25). The predicted octanol–water partition coefficient (Wildman–Crippen LogP) is 2.00. The summed E-state index contributed by atoms with van der Waals surface area (Å²) in [7, 11) is 1.55. The third-order valence-electron chi connectivity index (χ3n) is 3.84. The summed E-state index contributed by atoms with van der Waals surface area (Å²) in [5, 5.41) is 2.39. The molecule has 0 aliphatic carbocycles. The molecule has 136 valence electrons. The van der Waals surface area contributed by atoms with Crippen LogP contribution in [0.3, 0.4) is 0 Å². The van der Waals surface area contributed by atoms with Gasteiger partial charge in [0.2, 0.25) is 11.8 Å². The van der Waals surface area contributed by atoms with Gasteiger partial charge in [-0.15, -0.1) is 0 Å². The average Bonchev–Trinajstić information content (AvgIpc) is 2.86. The van der Waals surface area contributed by atoms with E-state index >= 15 is 0 Å². The molecule has 1 aliphatic heterocycles. The van der Waals surface area contributed by atoms with E-state index in [1.807, 2.05) is 0 Å². The fourth-order valence-corrected chi connectivity index (χ4v) is 2.42. The zero-order valence-electron chi connectivity index (χ0n) is 13.6. The van der Waals surface area contributed by atoms with E-state index in [-0.39, 0.29) is 37.9 Å². The molecule has 1 aromatic rings. The van der Waals surface area contributed by atoms with E-state index < -0.39 is 17.8 Å². The van der Waals surface area contributed by atoms with Crippen LogP contribution in [0.1, 0.15) is 24.0 Å². The van der Waals surface area contributed by atoms with E-state index in [0.717, 1.165) is 17.0 Å². The number of amides is 4. The predicted molar refractivity (Wildman–Crippen MR) is 82.3 cm³/mol. The molecule has 0 saturated carbocycles. The molecule has 9 heteroatoms. The highest BCUT2D eigenvalue weighted by Gasteiger charge is 2.30. The summed E-state index contributed by atoms with van der Waals surface area (Å²) < 4.78 is 37.5. The largest absolute Gasteiger partial charge is 0.416 e. The van der Waals surface area contributed by atoms with Gasteiger partial charge in [0.25, 0.3) is 0 Å². The molecule has 1 heterocycles. The van der Waals surface area contributed by atoms with E-state index in [0.29, 0.717) is 12.0 Å². The Kier molecular flexibility index (Phi) is 5.66. The zero-order valence-corrected chi connectivity index (χ0v) is 13.6. The van der Waals surface area contributed by atoms with Crippen molar-refractivity contribution in [3.63, 3.8) is 0 Å². The van der Waals surface area contributed by atoms with Crippen LogP contribution in [0.2, 0.25) is 0 Å². The van der Waals surface area contributed by atoms with Crippen molar-refractivity contribution in [1.82, 2.24) is 15.1 Å². The second-order valence-electron chi connectivity index (χ2n) is 5.75. The Bertz CT molecular complexity index is 643. The van der Waals surface area contributed by atoms with Crippen molar-refractivity contribution in [1.29, 1.82) is 0 Å². The minimum absolute atomic E-state index is 0.0272. The molecule has 0 aromatic heterocycles. The van der Waals surface area contributed by atoms with Gasteiger partial charge in [-0.25, -0.2) is 4.79 Å². The number of nitrogens with one attached hydrogen (secondary N) is 1. The summed E-state index contributed by atoms with van der Waals surface area (Å²) in [6, 6.07) is 4.16. The normalized spacial score (nSPS) is 14.6. The van der Waals surface area contributed by atoms with Crippen molar-refractivity contribution < 1.29 is 27.6 Å². The number of halogens is 3. The number of carbonyl (C=O) groups excluding carboxylic acids is 3. The highest BCUT2D eigenvalue weighted by Crippen LogP contribution is 2.29. The minimum atomic E-state index is -4.39. The van der Waals surface area contributed by atoms with Crippen LogP contribution < -0.4 is 5.32 Å². The van der Waals surface area contributed by atoms with Crippen molar-refractivity contribution in [2.75, 3.05) is 20.1 Å². The van der Waals surface area contributed by atoms with Gasteiger partial charge in [-0.05, 0) is 24.1 Å². The maximum Gasteiger partial charge on any atom is 0.416 e. The third kappa shape index (κ3) is 4.94. The van der Waals surface area contributed by atoms with Gasteiger partial charge in [-0.2, -0.15) is 13.2 Å². The molecule has 2 rings (SSSR count). The minimum Gasteiger partial charge on any atom is -0.341 e. The number of imide groups is 1. The summed E-state index contributed by atoms with van der Waals surface area (Å²) in [6.45, 7) is 0.311. The van der Waals surface area contributed by atoms with Crippen molar-refractivity contribution >= 4 is 17.8 Å². The fraction of sp³-hybridized carbons (Fsp3) is 0.438. The van der Waals surface area contributed by atoms with Gasteiger partial charge in [0, 0.05) is 26.6 Å². The van der Waals surface area contributed by atoms with Gasteiger partial charge < -0.3 is 10.2 Å². The Balaban J connectivity index is 1.80. The molecular weight excluding hydrogens is 339 g/mol. The van der Waals surface area contributed by atoms with Crippen LogP contribution in [0, 0.1) is 0 Å². The molecule has 1 aliphatic rings. The summed E-state index contributed by atoms with van der Waals surface area (Å²) >= 11 is 0. The Morgan fingerprint density at radius 2 is 1.88 bits per heavy atom. The number of urea groups is 1. The summed E-state index contributed by atoms with van der Waals surface area (Å²) in [5.41, 5.74) is -0.156. The van der Waals surface area contributed by atoms with Crippen molar-refractivity contribution in [3.8, 4) is 0 Å². The number of alkyl halides is 3. The molecule has 0 spiro atoms. The molecule has 1 saturated heterocycles. The van der Waals surface area contributed by atoms with Crippen LogP contribution in [0.25, 0.3) is 0 Å². The van der Waals surface area contributed by atoms with Crippen LogP contribution in [0.4, 0.5) is 18.0 Å².